The minimum Gasteiger partial charge on any atom is -0.491 e. The third-order valence-corrected chi connectivity index (χ3v) is 3.79. The van der Waals surface area contributed by atoms with Gasteiger partial charge in [0.2, 0.25) is 0 Å². The fraction of sp³-hybridized carbons (Fsp3) is 0.588. The summed E-state index contributed by atoms with van der Waals surface area (Å²) in [5, 5.41) is 6.60. The number of nitrogens with zero attached hydrogens (tertiary/aromatic N) is 2. The molecule has 1 aromatic rings. The van der Waals surface area contributed by atoms with Gasteiger partial charge < -0.3 is 20.1 Å². The first-order chi connectivity index (χ1) is 11.3. The Bertz CT molecular complexity index is 493. The maximum atomic E-state index is 5.76. The van der Waals surface area contributed by atoms with Crippen molar-refractivity contribution in [1.29, 1.82) is 0 Å². The molecule has 0 amide bonds. The molecule has 6 nitrogen and oxygen atoms in total. The van der Waals surface area contributed by atoms with E-state index in [0.717, 1.165) is 56.7 Å². The fourth-order valence-electron chi connectivity index (χ4n) is 2.43. The predicted molar refractivity (Wildman–Crippen MR) is 109 cm³/mol. The van der Waals surface area contributed by atoms with Crippen LogP contribution in [0.15, 0.2) is 29.3 Å². The van der Waals surface area contributed by atoms with E-state index < -0.39 is 0 Å². The summed E-state index contributed by atoms with van der Waals surface area (Å²) in [5.74, 6) is 1.75. The molecule has 136 valence electrons. The number of ether oxygens (including phenoxy) is 2. The van der Waals surface area contributed by atoms with Crippen molar-refractivity contribution in [2.24, 2.45) is 4.99 Å². The second kappa shape index (κ2) is 12.3. The van der Waals surface area contributed by atoms with Crippen molar-refractivity contribution < 1.29 is 9.47 Å². The molecule has 1 saturated heterocycles. The Labute approximate surface area is 162 Å². The number of guanidine groups is 1. The van der Waals surface area contributed by atoms with E-state index >= 15 is 0 Å². The van der Waals surface area contributed by atoms with Gasteiger partial charge in [0.25, 0.3) is 0 Å². The lowest BCUT2D eigenvalue weighted by atomic mass is 10.2. The molecule has 1 aliphatic heterocycles. The lowest BCUT2D eigenvalue weighted by Gasteiger charge is -2.26. The van der Waals surface area contributed by atoms with Crippen LogP contribution in [0.25, 0.3) is 0 Å². The molecule has 7 heteroatoms. The molecule has 0 spiro atoms. The molecule has 0 aliphatic carbocycles. The smallest absolute Gasteiger partial charge is 0.191 e. The Hall–Kier alpha value is -1.06. The zero-order valence-electron chi connectivity index (χ0n) is 14.6. The molecule has 0 aromatic heterocycles. The first-order valence-electron chi connectivity index (χ1n) is 8.22. The first-order valence-corrected chi connectivity index (χ1v) is 8.22. The average Bonchev–Trinajstić information content (AvgIpc) is 2.59. The van der Waals surface area contributed by atoms with Crippen LogP contribution in [-0.2, 0) is 4.74 Å². The quantitative estimate of drug-likeness (QED) is 0.287. The maximum Gasteiger partial charge on any atom is 0.191 e. The monoisotopic (exact) mass is 448 g/mol. The Kier molecular flexibility index (Phi) is 10.8. The van der Waals surface area contributed by atoms with E-state index in [1.54, 1.807) is 7.05 Å². The summed E-state index contributed by atoms with van der Waals surface area (Å²) >= 11 is 0. The van der Waals surface area contributed by atoms with Gasteiger partial charge in [-0.25, -0.2) is 0 Å². The number of hydrogen-bond donors (Lipinski definition) is 2. The van der Waals surface area contributed by atoms with Crippen molar-refractivity contribution in [3.05, 3.63) is 29.8 Å². The van der Waals surface area contributed by atoms with E-state index in [9.17, 15) is 0 Å². The highest BCUT2D eigenvalue weighted by atomic mass is 127. The number of aryl methyl sites for hydroxylation is 1. The van der Waals surface area contributed by atoms with Crippen molar-refractivity contribution in [3.8, 4) is 5.75 Å². The highest BCUT2D eigenvalue weighted by molar-refractivity contribution is 14.0. The van der Waals surface area contributed by atoms with E-state index in [1.165, 1.54) is 0 Å². The lowest BCUT2D eigenvalue weighted by molar-refractivity contribution is 0.0389. The van der Waals surface area contributed by atoms with Gasteiger partial charge in [0.15, 0.2) is 5.96 Å². The van der Waals surface area contributed by atoms with E-state index in [-0.39, 0.29) is 24.0 Å². The van der Waals surface area contributed by atoms with Crippen LogP contribution >= 0.6 is 24.0 Å². The second-order valence-electron chi connectivity index (χ2n) is 5.49. The Morgan fingerprint density at radius 1 is 1.21 bits per heavy atom. The number of morpholine rings is 1. The van der Waals surface area contributed by atoms with Crippen LogP contribution in [0.2, 0.25) is 0 Å². The number of aliphatic imine (C=N–C) groups is 1. The Morgan fingerprint density at radius 2 is 1.92 bits per heavy atom. The van der Waals surface area contributed by atoms with E-state index in [2.05, 4.69) is 33.5 Å². The van der Waals surface area contributed by atoms with Crippen LogP contribution in [0.4, 0.5) is 0 Å². The predicted octanol–water partition coefficient (Wildman–Crippen LogP) is 1.49. The van der Waals surface area contributed by atoms with Gasteiger partial charge in [-0.05, 0) is 18.6 Å². The van der Waals surface area contributed by atoms with Crippen molar-refractivity contribution in [3.63, 3.8) is 0 Å². The molecule has 1 heterocycles. The number of rotatable bonds is 7. The third kappa shape index (κ3) is 7.67. The third-order valence-electron chi connectivity index (χ3n) is 3.79. The summed E-state index contributed by atoms with van der Waals surface area (Å²) in [6, 6.07) is 8.04. The van der Waals surface area contributed by atoms with Gasteiger partial charge in [0, 0.05) is 33.2 Å². The van der Waals surface area contributed by atoms with Gasteiger partial charge in [0.1, 0.15) is 12.4 Å². The number of benzene rings is 1. The van der Waals surface area contributed by atoms with Crippen LogP contribution in [0, 0.1) is 6.92 Å². The number of nitrogens with one attached hydrogen (secondary N) is 2. The van der Waals surface area contributed by atoms with Crippen molar-refractivity contribution in [2.75, 3.05) is 59.6 Å². The van der Waals surface area contributed by atoms with Crippen LogP contribution in [0.3, 0.4) is 0 Å². The van der Waals surface area contributed by atoms with Gasteiger partial charge in [-0.15, -0.1) is 24.0 Å². The van der Waals surface area contributed by atoms with E-state index in [0.29, 0.717) is 13.2 Å². The molecule has 2 rings (SSSR count). The SMILES string of the molecule is CN=C(NCCOc1ccccc1C)NCCN1CCOCC1.I. The Morgan fingerprint density at radius 3 is 2.62 bits per heavy atom. The highest BCUT2D eigenvalue weighted by Crippen LogP contribution is 2.15. The summed E-state index contributed by atoms with van der Waals surface area (Å²) < 4.78 is 11.1. The molecular weight excluding hydrogens is 419 g/mol. The van der Waals surface area contributed by atoms with Gasteiger partial charge in [-0.1, -0.05) is 18.2 Å². The molecule has 1 aromatic carbocycles. The summed E-state index contributed by atoms with van der Waals surface area (Å²) in [7, 11) is 1.78. The largest absolute Gasteiger partial charge is 0.491 e. The standard InChI is InChI=1S/C17H28N4O2.HI/c1-15-5-3-4-6-16(15)23-12-8-20-17(18-2)19-7-9-21-10-13-22-14-11-21;/h3-6H,7-14H2,1-2H3,(H2,18,19,20);1H. The lowest BCUT2D eigenvalue weighted by Crippen LogP contribution is -2.45. The van der Waals surface area contributed by atoms with Crippen LogP contribution in [0.1, 0.15) is 5.56 Å². The topological polar surface area (TPSA) is 58.1 Å². The molecule has 0 radical (unpaired) electrons. The summed E-state index contributed by atoms with van der Waals surface area (Å²) in [6.07, 6.45) is 0. The van der Waals surface area contributed by atoms with Gasteiger partial charge in [-0.3, -0.25) is 9.89 Å². The van der Waals surface area contributed by atoms with Crippen molar-refractivity contribution in [2.45, 2.75) is 6.92 Å². The van der Waals surface area contributed by atoms with E-state index in [4.69, 9.17) is 9.47 Å². The van der Waals surface area contributed by atoms with E-state index in [1.807, 2.05) is 18.2 Å². The molecule has 0 atom stereocenters. The summed E-state index contributed by atoms with van der Waals surface area (Å²) in [5.41, 5.74) is 1.15. The van der Waals surface area contributed by atoms with Gasteiger partial charge in [0.05, 0.1) is 19.8 Å². The zero-order valence-corrected chi connectivity index (χ0v) is 16.9. The van der Waals surface area contributed by atoms with Crippen molar-refractivity contribution in [1.82, 2.24) is 15.5 Å². The van der Waals surface area contributed by atoms with Crippen molar-refractivity contribution >= 4 is 29.9 Å². The number of para-hydroxylation sites is 1. The molecule has 1 fully saturated rings. The second-order valence-corrected chi connectivity index (χ2v) is 5.49. The molecule has 1 aliphatic rings. The zero-order chi connectivity index (χ0) is 16.3. The molecule has 0 bridgehead atoms. The molecule has 0 saturated carbocycles. The summed E-state index contributed by atoms with van der Waals surface area (Å²) in [6.45, 7) is 8.94. The first kappa shape index (κ1) is 21.0. The average molecular weight is 448 g/mol. The maximum absolute atomic E-state index is 5.76. The molecule has 0 unspecified atom stereocenters. The molecule has 2 N–H and O–H groups in total. The number of hydrogen-bond acceptors (Lipinski definition) is 4. The minimum atomic E-state index is 0. The molecule has 24 heavy (non-hydrogen) atoms. The van der Waals surface area contributed by atoms with Crippen LogP contribution in [0.5, 0.6) is 5.75 Å². The van der Waals surface area contributed by atoms with Gasteiger partial charge >= 0.3 is 0 Å². The summed E-state index contributed by atoms with van der Waals surface area (Å²) in [4.78, 5) is 6.62. The van der Waals surface area contributed by atoms with Crippen LogP contribution in [-0.4, -0.2) is 70.5 Å². The Balaban J connectivity index is 0.00000288. The number of halogens is 1. The fourth-order valence-corrected chi connectivity index (χ4v) is 2.43. The molecular formula is C17H29IN4O2. The van der Waals surface area contributed by atoms with Gasteiger partial charge in [-0.2, -0.15) is 0 Å². The normalized spacial score (nSPS) is 15.5. The van der Waals surface area contributed by atoms with Crippen LogP contribution < -0.4 is 15.4 Å². The highest BCUT2D eigenvalue weighted by Gasteiger charge is 2.09. The minimum absolute atomic E-state index is 0.